The van der Waals surface area contributed by atoms with Gasteiger partial charge in [0.15, 0.2) is 0 Å². The average Bonchev–Trinajstić information content (AvgIpc) is 2.59. The van der Waals surface area contributed by atoms with E-state index in [1.165, 1.54) is 23.7 Å². The van der Waals surface area contributed by atoms with Gasteiger partial charge in [0.05, 0.1) is 5.69 Å². The zero-order valence-corrected chi connectivity index (χ0v) is 17.1. The summed E-state index contributed by atoms with van der Waals surface area (Å²) in [5.41, 5.74) is 6.92. The number of anilines is 2. The Balaban J connectivity index is 1.87. The number of carbonyl (C=O) groups excluding carboxylic acids is 1. The van der Waals surface area contributed by atoms with E-state index >= 15 is 0 Å². The molecule has 2 aromatic rings. The molecular weight excluding hydrogens is 334 g/mol. The van der Waals surface area contributed by atoms with Gasteiger partial charge in [0.2, 0.25) is 5.91 Å². The Kier molecular flexibility index (Phi) is 5.09. The summed E-state index contributed by atoms with van der Waals surface area (Å²) in [4.78, 5) is 18.1. The zero-order chi connectivity index (χ0) is 19.8. The fourth-order valence-corrected chi connectivity index (χ4v) is 3.85. The molecule has 1 N–H and O–H groups in total. The molecule has 0 bridgehead atoms. The summed E-state index contributed by atoms with van der Waals surface area (Å²) >= 11 is 0. The second kappa shape index (κ2) is 7.18. The molecule has 0 aliphatic carbocycles. The number of benzene rings is 2. The first kappa shape index (κ1) is 19.2. The van der Waals surface area contributed by atoms with Crippen LogP contribution in [0.2, 0.25) is 0 Å². The number of carbonyl (C=O) groups is 1. The fourth-order valence-electron chi connectivity index (χ4n) is 3.85. The Morgan fingerprint density at radius 2 is 1.93 bits per heavy atom. The summed E-state index contributed by atoms with van der Waals surface area (Å²) in [6, 6.07) is 12.1. The van der Waals surface area contributed by atoms with Gasteiger partial charge in [-0.3, -0.25) is 9.79 Å². The lowest BCUT2D eigenvalue weighted by molar-refractivity contribution is -0.114. The van der Waals surface area contributed by atoms with Gasteiger partial charge < -0.3 is 10.2 Å². The molecule has 0 saturated carbocycles. The molecule has 27 heavy (non-hydrogen) atoms. The molecule has 142 valence electrons. The van der Waals surface area contributed by atoms with Crippen LogP contribution in [0, 0.1) is 6.92 Å². The van der Waals surface area contributed by atoms with Crippen LogP contribution in [0.3, 0.4) is 0 Å². The van der Waals surface area contributed by atoms with Crippen LogP contribution >= 0.6 is 0 Å². The van der Waals surface area contributed by atoms with Crippen molar-refractivity contribution < 1.29 is 4.79 Å². The Morgan fingerprint density at radius 3 is 2.56 bits per heavy atom. The lowest BCUT2D eigenvalue weighted by Gasteiger charge is -2.45. The molecular formula is C23H29N3O. The standard InChI is InChI=1S/C23H29N3O/c1-15-11-22-21(16(2)13-23(4,5)26(22)6)12-18(15)14-24-19-7-9-20(10-8-19)25-17(3)27/h7-12,14,16H,13H2,1-6H3,(H,25,27)/t16-/m0/s1. The smallest absolute Gasteiger partial charge is 0.221 e. The average molecular weight is 364 g/mol. The van der Waals surface area contributed by atoms with Crippen LogP contribution in [-0.2, 0) is 4.79 Å². The van der Waals surface area contributed by atoms with Gasteiger partial charge in [-0.1, -0.05) is 6.92 Å². The first-order valence-corrected chi connectivity index (χ1v) is 9.47. The SMILES string of the molecule is CC(=O)Nc1ccc(N=Cc2cc3c(cc2C)N(C)C(C)(C)C[C@@H]3C)cc1. The van der Waals surface area contributed by atoms with E-state index in [0.29, 0.717) is 5.92 Å². The van der Waals surface area contributed by atoms with Crippen LogP contribution in [0.15, 0.2) is 41.4 Å². The first-order valence-electron chi connectivity index (χ1n) is 9.47. The summed E-state index contributed by atoms with van der Waals surface area (Å²) in [7, 11) is 2.19. The van der Waals surface area contributed by atoms with Gasteiger partial charge >= 0.3 is 0 Å². The van der Waals surface area contributed by atoms with Crippen molar-refractivity contribution >= 4 is 29.2 Å². The van der Waals surface area contributed by atoms with Crippen LogP contribution in [0.5, 0.6) is 0 Å². The summed E-state index contributed by atoms with van der Waals surface area (Å²) in [6.07, 6.45) is 3.08. The van der Waals surface area contributed by atoms with Gasteiger partial charge in [0, 0.05) is 37.1 Å². The largest absolute Gasteiger partial charge is 0.369 e. The fraction of sp³-hybridized carbons (Fsp3) is 0.391. The lowest BCUT2D eigenvalue weighted by Crippen LogP contribution is -2.45. The molecule has 1 amide bonds. The highest BCUT2D eigenvalue weighted by Gasteiger charge is 2.34. The predicted molar refractivity (Wildman–Crippen MR) is 115 cm³/mol. The molecule has 0 fully saturated rings. The third-order valence-corrected chi connectivity index (χ3v) is 5.56. The summed E-state index contributed by atoms with van der Waals surface area (Å²) in [6.45, 7) is 10.6. The monoisotopic (exact) mass is 363 g/mol. The normalized spacial score (nSPS) is 18.4. The van der Waals surface area contributed by atoms with E-state index in [1.54, 1.807) is 0 Å². The topological polar surface area (TPSA) is 44.7 Å². The summed E-state index contributed by atoms with van der Waals surface area (Å²) in [5, 5.41) is 2.77. The van der Waals surface area contributed by atoms with E-state index in [2.05, 4.69) is 62.1 Å². The minimum Gasteiger partial charge on any atom is -0.369 e. The van der Waals surface area contributed by atoms with Crippen molar-refractivity contribution in [1.29, 1.82) is 0 Å². The Bertz CT molecular complexity index is 881. The molecule has 0 spiro atoms. The molecule has 0 unspecified atom stereocenters. The second-order valence-corrected chi connectivity index (χ2v) is 8.23. The Labute approximate surface area is 162 Å². The van der Waals surface area contributed by atoms with E-state index in [0.717, 1.165) is 23.4 Å². The molecule has 0 radical (unpaired) electrons. The maximum Gasteiger partial charge on any atom is 0.221 e. The van der Waals surface area contributed by atoms with Crippen LogP contribution in [-0.4, -0.2) is 24.7 Å². The predicted octanol–water partition coefficient (Wildman–Crippen LogP) is 5.43. The van der Waals surface area contributed by atoms with Crippen molar-refractivity contribution in [3.63, 3.8) is 0 Å². The minimum atomic E-state index is -0.0711. The third kappa shape index (κ3) is 4.05. The van der Waals surface area contributed by atoms with Crippen LogP contribution in [0.25, 0.3) is 0 Å². The second-order valence-electron chi connectivity index (χ2n) is 8.23. The van der Waals surface area contributed by atoms with Crippen molar-refractivity contribution in [3.05, 3.63) is 53.1 Å². The number of hydrogen-bond acceptors (Lipinski definition) is 3. The lowest BCUT2D eigenvalue weighted by atomic mass is 9.79. The highest BCUT2D eigenvalue weighted by atomic mass is 16.1. The number of hydrogen-bond donors (Lipinski definition) is 1. The molecule has 1 heterocycles. The van der Waals surface area contributed by atoms with Crippen molar-refractivity contribution in [3.8, 4) is 0 Å². The number of fused-ring (bicyclic) bond motifs is 1. The van der Waals surface area contributed by atoms with Crippen molar-refractivity contribution in [2.24, 2.45) is 4.99 Å². The van der Waals surface area contributed by atoms with Gasteiger partial charge in [0.25, 0.3) is 0 Å². The maximum absolute atomic E-state index is 11.1. The van der Waals surface area contributed by atoms with Crippen molar-refractivity contribution in [1.82, 2.24) is 0 Å². The molecule has 3 rings (SSSR count). The minimum absolute atomic E-state index is 0.0711. The van der Waals surface area contributed by atoms with Gasteiger partial charge in [-0.15, -0.1) is 0 Å². The van der Waals surface area contributed by atoms with Gasteiger partial charge in [-0.05, 0) is 86.2 Å². The van der Waals surface area contributed by atoms with Crippen LogP contribution in [0.4, 0.5) is 17.1 Å². The molecule has 4 nitrogen and oxygen atoms in total. The number of rotatable bonds is 3. The number of nitrogens with zero attached hydrogens (tertiary/aromatic N) is 2. The van der Waals surface area contributed by atoms with E-state index in [1.807, 2.05) is 30.5 Å². The molecule has 1 aliphatic heterocycles. The van der Waals surface area contributed by atoms with Crippen LogP contribution < -0.4 is 10.2 Å². The quantitative estimate of drug-likeness (QED) is 0.739. The van der Waals surface area contributed by atoms with Gasteiger partial charge in [-0.25, -0.2) is 0 Å². The van der Waals surface area contributed by atoms with E-state index in [-0.39, 0.29) is 11.4 Å². The highest BCUT2D eigenvalue weighted by molar-refractivity contribution is 5.89. The summed E-state index contributed by atoms with van der Waals surface area (Å²) in [5.74, 6) is 0.453. The number of aliphatic imine (C=N–C) groups is 1. The van der Waals surface area contributed by atoms with Crippen molar-refractivity contribution in [2.75, 3.05) is 17.3 Å². The van der Waals surface area contributed by atoms with Gasteiger partial charge in [-0.2, -0.15) is 0 Å². The molecule has 1 atom stereocenters. The molecule has 4 heteroatoms. The van der Waals surface area contributed by atoms with E-state index in [4.69, 9.17) is 0 Å². The van der Waals surface area contributed by atoms with Crippen molar-refractivity contribution in [2.45, 2.75) is 52.5 Å². The zero-order valence-electron chi connectivity index (χ0n) is 17.1. The first-order chi connectivity index (χ1) is 12.7. The van der Waals surface area contributed by atoms with Gasteiger partial charge in [0.1, 0.15) is 0 Å². The number of aryl methyl sites for hydroxylation is 1. The number of nitrogens with one attached hydrogen (secondary N) is 1. The number of amides is 1. The summed E-state index contributed by atoms with van der Waals surface area (Å²) < 4.78 is 0. The van der Waals surface area contributed by atoms with Crippen LogP contribution in [0.1, 0.15) is 56.7 Å². The Hall–Kier alpha value is -2.62. The molecule has 2 aromatic carbocycles. The maximum atomic E-state index is 11.1. The Morgan fingerprint density at radius 1 is 1.26 bits per heavy atom. The molecule has 1 aliphatic rings. The molecule has 0 saturated heterocycles. The highest BCUT2D eigenvalue weighted by Crippen LogP contribution is 2.43. The molecule has 0 aromatic heterocycles. The third-order valence-electron chi connectivity index (χ3n) is 5.56. The van der Waals surface area contributed by atoms with E-state index < -0.39 is 0 Å². The van der Waals surface area contributed by atoms with E-state index in [9.17, 15) is 4.79 Å².